The molecule has 2 nitrogen and oxygen atoms in total. The van der Waals surface area contributed by atoms with Crippen LogP contribution in [0.4, 0.5) is 8.78 Å². The summed E-state index contributed by atoms with van der Waals surface area (Å²) in [5, 5.41) is 2.04. The summed E-state index contributed by atoms with van der Waals surface area (Å²) in [7, 11) is 1.93. The van der Waals surface area contributed by atoms with Gasteiger partial charge in [-0.3, -0.25) is 4.90 Å². The van der Waals surface area contributed by atoms with Crippen LogP contribution >= 0.6 is 11.3 Å². The van der Waals surface area contributed by atoms with Gasteiger partial charge in [0.2, 0.25) is 0 Å². The second kappa shape index (κ2) is 7.11. The van der Waals surface area contributed by atoms with Crippen molar-refractivity contribution in [3.8, 4) is 0 Å². The largest absolute Gasteiger partial charge is 0.329 e. The standard InChI is InChI=1S/C16H20F2N2S/c1-11(8-13-4-3-7-21-13)20(2)16(10-19)14-6-5-12(17)9-15(14)18/h3-7,9,11,16H,8,10,19H2,1-2H3. The number of rotatable bonds is 6. The minimum atomic E-state index is -0.568. The maximum atomic E-state index is 14.0. The van der Waals surface area contributed by atoms with Gasteiger partial charge in [0.25, 0.3) is 0 Å². The van der Waals surface area contributed by atoms with E-state index in [1.165, 1.54) is 17.0 Å². The Bertz CT molecular complexity index is 572. The lowest BCUT2D eigenvalue weighted by molar-refractivity contribution is 0.185. The lowest BCUT2D eigenvalue weighted by atomic mass is 10.0. The summed E-state index contributed by atoms with van der Waals surface area (Å²) in [6, 6.07) is 7.73. The molecule has 5 heteroatoms. The van der Waals surface area contributed by atoms with Crippen molar-refractivity contribution in [1.82, 2.24) is 4.90 Å². The summed E-state index contributed by atoms with van der Waals surface area (Å²) < 4.78 is 27.0. The zero-order chi connectivity index (χ0) is 15.4. The van der Waals surface area contributed by atoms with E-state index in [2.05, 4.69) is 17.9 Å². The molecule has 21 heavy (non-hydrogen) atoms. The molecule has 0 amide bonds. The minimum Gasteiger partial charge on any atom is -0.329 e. The van der Waals surface area contributed by atoms with Crippen molar-refractivity contribution in [2.45, 2.75) is 25.4 Å². The molecule has 2 rings (SSSR count). The first-order valence-corrected chi connectivity index (χ1v) is 7.80. The summed E-state index contributed by atoms with van der Waals surface area (Å²) in [6.07, 6.45) is 0.882. The molecule has 1 aromatic heterocycles. The Morgan fingerprint density at radius 2 is 2.05 bits per heavy atom. The highest BCUT2D eigenvalue weighted by Gasteiger charge is 2.23. The highest BCUT2D eigenvalue weighted by Crippen LogP contribution is 2.25. The molecule has 114 valence electrons. The Morgan fingerprint density at radius 3 is 2.62 bits per heavy atom. The Kier molecular flexibility index (Phi) is 5.45. The van der Waals surface area contributed by atoms with Gasteiger partial charge in [-0.2, -0.15) is 0 Å². The lowest BCUT2D eigenvalue weighted by Gasteiger charge is -2.32. The number of thiophene rings is 1. The van der Waals surface area contributed by atoms with Crippen LogP contribution in [0, 0.1) is 11.6 Å². The van der Waals surface area contributed by atoms with Crippen LogP contribution in [0.15, 0.2) is 35.7 Å². The molecular formula is C16H20F2N2S. The number of hydrogen-bond donors (Lipinski definition) is 1. The SMILES string of the molecule is CC(Cc1cccs1)N(C)C(CN)c1ccc(F)cc1F. The quantitative estimate of drug-likeness (QED) is 0.883. The average molecular weight is 310 g/mol. The summed E-state index contributed by atoms with van der Waals surface area (Å²) in [5.41, 5.74) is 6.27. The van der Waals surface area contributed by atoms with E-state index >= 15 is 0 Å². The monoisotopic (exact) mass is 310 g/mol. The van der Waals surface area contributed by atoms with Crippen molar-refractivity contribution in [2.24, 2.45) is 5.73 Å². The van der Waals surface area contributed by atoms with E-state index in [1.54, 1.807) is 11.3 Å². The van der Waals surface area contributed by atoms with E-state index in [9.17, 15) is 8.78 Å². The fourth-order valence-electron chi connectivity index (χ4n) is 2.46. The van der Waals surface area contributed by atoms with Crippen molar-refractivity contribution in [2.75, 3.05) is 13.6 Å². The third kappa shape index (κ3) is 3.87. The number of benzene rings is 1. The fraction of sp³-hybridized carbons (Fsp3) is 0.375. The van der Waals surface area contributed by atoms with Gasteiger partial charge < -0.3 is 5.73 Å². The summed E-state index contributed by atoms with van der Waals surface area (Å²) in [5.74, 6) is -1.11. The molecule has 0 spiro atoms. The van der Waals surface area contributed by atoms with Gasteiger partial charge in [-0.15, -0.1) is 11.3 Å². The van der Waals surface area contributed by atoms with Gasteiger partial charge in [-0.05, 0) is 37.9 Å². The van der Waals surface area contributed by atoms with Gasteiger partial charge >= 0.3 is 0 Å². The molecule has 0 saturated heterocycles. The van der Waals surface area contributed by atoms with Gasteiger partial charge in [0.15, 0.2) is 0 Å². The molecule has 0 radical (unpaired) electrons. The maximum absolute atomic E-state index is 14.0. The van der Waals surface area contributed by atoms with E-state index < -0.39 is 11.6 Å². The van der Waals surface area contributed by atoms with Crippen LogP contribution in [0.1, 0.15) is 23.4 Å². The Balaban J connectivity index is 2.15. The molecule has 0 bridgehead atoms. The first-order valence-electron chi connectivity index (χ1n) is 6.92. The molecular weight excluding hydrogens is 290 g/mol. The van der Waals surface area contributed by atoms with E-state index in [1.807, 2.05) is 18.5 Å². The topological polar surface area (TPSA) is 29.3 Å². The van der Waals surface area contributed by atoms with Crippen LogP contribution in [0.2, 0.25) is 0 Å². The van der Waals surface area contributed by atoms with Crippen LogP contribution in [0.3, 0.4) is 0 Å². The van der Waals surface area contributed by atoms with Gasteiger partial charge in [0.05, 0.1) is 0 Å². The number of nitrogens with two attached hydrogens (primary N) is 1. The Morgan fingerprint density at radius 1 is 1.29 bits per heavy atom. The predicted octanol–water partition coefficient (Wildman–Crippen LogP) is 3.59. The van der Waals surface area contributed by atoms with Crippen molar-refractivity contribution in [3.63, 3.8) is 0 Å². The van der Waals surface area contributed by atoms with Crippen LogP contribution in [0.25, 0.3) is 0 Å². The van der Waals surface area contributed by atoms with Crippen molar-refractivity contribution >= 4 is 11.3 Å². The number of nitrogens with zero attached hydrogens (tertiary/aromatic N) is 1. The summed E-state index contributed by atoms with van der Waals surface area (Å²) in [4.78, 5) is 3.33. The molecule has 2 N–H and O–H groups in total. The minimum absolute atomic E-state index is 0.210. The molecule has 1 aromatic carbocycles. The van der Waals surface area contributed by atoms with Gasteiger partial charge in [-0.1, -0.05) is 12.1 Å². The molecule has 0 aliphatic carbocycles. The van der Waals surface area contributed by atoms with Crippen LogP contribution in [0.5, 0.6) is 0 Å². The van der Waals surface area contributed by atoms with E-state index in [0.29, 0.717) is 5.56 Å². The first-order chi connectivity index (χ1) is 10.0. The fourth-order valence-corrected chi connectivity index (χ4v) is 3.28. The van der Waals surface area contributed by atoms with E-state index in [4.69, 9.17) is 5.73 Å². The van der Waals surface area contributed by atoms with E-state index in [0.717, 1.165) is 12.5 Å². The first kappa shape index (κ1) is 16.1. The normalized spacial score (nSPS) is 14.4. The van der Waals surface area contributed by atoms with Crippen LogP contribution in [-0.2, 0) is 6.42 Å². The molecule has 0 saturated carbocycles. The van der Waals surface area contributed by atoms with Crippen molar-refractivity contribution in [3.05, 3.63) is 57.8 Å². The Labute approximate surface area is 128 Å². The summed E-state index contributed by atoms with van der Waals surface area (Å²) in [6.45, 7) is 2.37. The summed E-state index contributed by atoms with van der Waals surface area (Å²) >= 11 is 1.71. The van der Waals surface area contributed by atoms with Crippen molar-refractivity contribution < 1.29 is 8.78 Å². The molecule has 1 heterocycles. The van der Waals surface area contributed by atoms with Crippen molar-refractivity contribution in [1.29, 1.82) is 0 Å². The maximum Gasteiger partial charge on any atom is 0.130 e. The predicted molar refractivity (Wildman–Crippen MR) is 83.4 cm³/mol. The highest BCUT2D eigenvalue weighted by atomic mass is 32.1. The molecule has 0 aliphatic heterocycles. The van der Waals surface area contributed by atoms with Crippen LogP contribution in [-0.4, -0.2) is 24.5 Å². The third-order valence-corrected chi connectivity index (χ3v) is 4.71. The van der Waals surface area contributed by atoms with Gasteiger partial charge in [-0.25, -0.2) is 8.78 Å². The molecule has 2 atom stereocenters. The average Bonchev–Trinajstić information content (AvgIpc) is 2.94. The third-order valence-electron chi connectivity index (χ3n) is 3.81. The smallest absolute Gasteiger partial charge is 0.130 e. The number of halogens is 2. The second-order valence-electron chi connectivity index (χ2n) is 5.22. The zero-order valence-corrected chi connectivity index (χ0v) is 13.0. The van der Waals surface area contributed by atoms with E-state index in [-0.39, 0.29) is 18.6 Å². The zero-order valence-electron chi connectivity index (χ0n) is 12.2. The van der Waals surface area contributed by atoms with Crippen LogP contribution < -0.4 is 5.73 Å². The lowest BCUT2D eigenvalue weighted by Crippen LogP contribution is -2.38. The number of hydrogen-bond acceptors (Lipinski definition) is 3. The molecule has 2 aromatic rings. The second-order valence-corrected chi connectivity index (χ2v) is 6.25. The van der Waals surface area contributed by atoms with Gasteiger partial charge in [0, 0.05) is 35.1 Å². The number of likely N-dealkylation sites (N-methyl/N-ethyl adjacent to an activating group) is 1. The molecule has 0 aliphatic rings. The highest BCUT2D eigenvalue weighted by molar-refractivity contribution is 7.09. The molecule has 2 unspecified atom stereocenters. The molecule has 0 fully saturated rings. The Hall–Kier alpha value is -1.30. The van der Waals surface area contributed by atoms with Gasteiger partial charge in [0.1, 0.15) is 11.6 Å².